The molecule has 0 unspecified atom stereocenters. The van der Waals surface area contributed by atoms with Gasteiger partial charge < -0.3 is 9.94 Å². The largest absolute Gasteiger partial charge is 0.515 e. The van der Waals surface area contributed by atoms with E-state index in [0.29, 0.717) is 12.1 Å². The molecule has 2 rings (SSSR count). The van der Waals surface area contributed by atoms with Crippen LogP contribution in [0.3, 0.4) is 0 Å². The molecule has 0 radical (unpaired) electrons. The van der Waals surface area contributed by atoms with Crippen molar-refractivity contribution in [2.45, 2.75) is 6.92 Å². The van der Waals surface area contributed by atoms with Crippen molar-refractivity contribution in [3.63, 3.8) is 0 Å². The highest BCUT2D eigenvalue weighted by atomic mass is 16.7. The number of aromatic nitrogens is 3. The molecule has 0 aliphatic carbocycles. The number of aliphatic hydroxyl groups is 1. The second-order valence-electron chi connectivity index (χ2n) is 3.51. The van der Waals surface area contributed by atoms with Crippen LogP contribution in [0.25, 0.3) is 11.4 Å². The highest BCUT2D eigenvalue weighted by molar-refractivity contribution is 5.87. The molecule has 18 heavy (non-hydrogen) atoms. The third kappa shape index (κ3) is 2.37. The van der Waals surface area contributed by atoms with E-state index in [1.54, 1.807) is 0 Å². The fraction of sp³-hybridized carbons (Fsp3) is 0.0833. The van der Waals surface area contributed by atoms with E-state index in [4.69, 9.17) is 9.94 Å². The van der Waals surface area contributed by atoms with Crippen LogP contribution in [-0.4, -0.2) is 26.0 Å². The number of hydrogen-bond acceptors (Lipinski definition) is 5. The Morgan fingerprint density at radius 2 is 2.11 bits per heavy atom. The fourth-order valence-corrected chi connectivity index (χ4v) is 1.27. The Labute approximate surface area is 103 Å². The maximum atomic E-state index is 11.5. The lowest BCUT2D eigenvalue weighted by molar-refractivity contribution is -0.141. The summed E-state index contributed by atoms with van der Waals surface area (Å²) in [6, 6.07) is 9.20. The molecule has 0 fully saturated rings. The summed E-state index contributed by atoms with van der Waals surface area (Å²) in [5, 5.41) is 12.5. The average molecular weight is 245 g/mol. The minimum absolute atomic E-state index is 0.0736. The van der Waals surface area contributed by atoms with Crippen molar-refractivity contribution in [3.8, 4) is 11.4 Å². The monoisotopic (exact) mass is 245 g/mol. The molecule has 92 valence electrons. The molecule has 0 spiro atoms. The summed E-state index contributed by atoms with van der Waals surface area (Å²) in [6.45, 7) is 1.43. The van der Waals surface area contributed by atoms with Crippen LogP contribution in [0.5, 0.6) is 0 Å². The first-order valence-electron chi connectivity index (χ1n) is 5.21. The van der Waals surface area contributed by atoms with Gasteiger partial charge >= 0.3 is 5.97 Å². The Bertz CT molecular complexity index is 575. The summed E-state index contributed by atoms with van der Waals surface area (Å²) in [7, 11) is 0. The quantitative estimate of drug-likeness (QED) is 0.652. The molecule has 0 saturated carbocycles. The first-order chi connectivity index (χ1) is 8.72. The highest BCUT2D eigenvalue weighted by Gasteiger charge is 2.13. The molecule has 1 aromatic heterocycles. The maximum Gasteiger partial charge on any atom is 0.364 e. The van der Waals surface area contributed by atoms with Crippen LogP contribution in [0.4, 0.5) is 0 Å². The Hall–Kier alpha value is -2.63. The number of hydrogen-bond donors (Lipinski definition) is 1. The Morgan fingerprint density at radius 1 is 1.39 bits per heavy atom. The van der Waals surface area contributed by atoms with Gasteiger partial charge in [-0.3, -0.25) is 0 Å². The predicted molar refractivity (Wildman–Crippen MR) is 63.4 cm³/mol. The van der Waals surface area contributed by atoms with Gasteiger partial charge in [0, 0.05) is 5.56 Å². The van der Waals surface area contributed by atoms with E-state index in [9.17, 15) is 4.79 Å². The van der Waals surface area contributed by atoms with Gasteiger partial charge in [0.05, 0.1) is 11.8 Å². The normalized spacial score (nSPS) is 11.3. The van der Waals surface area contributed by atoms with Crippen LogP contribution in [0, 0.1) is 0 Å². The molecule has 0 amide bonds. The Kier molecular flexibility index (Phi) is 3.38. The van der Waals surface area contributed by atoms with Crippen LogP contribution in [0.1, 0.15) is 6.92 Å². The summed E-state index contributed by atoms with van der Waals surface area (Å²) in [5.41, 5.74) is 0.845. The molecule has 0 aliphatic heterocycles. The number of carbonyl (C=O) groups is 1. The number of benzene rings is 1. The van der Waals surface area contributed by atoms with Gasteiger partial charge in [0.25, 0.3) is 0 Å². The van der Waals surface area contributed by atoms with Crippen molar-refractivity contribution < 1.29 is 14.7 Å². The van der Waals surface area contributed by atoms with Crippen molar-refractivity contribution in [3.05, 3.63) is 48.5 Å². The summed E-state index contributed by atoms with van der Waals surface area (Å²) < 4.78 is 0. The van der Waals surface area contributed by atoms with Gasteiger partial charge in [-0.25, -0.2) is 9.78 Å². The Morgan fingerprint density at radius 3 is 2.78 bits per heavy atom. The zero-order valence-electron chi connectivity index (χ0n) is 9.65. The van der Waals surface area contributed by atoms with Crippen molar-refractivity contribution >= 4 is 5.97 Å². The van der Waals surface area contributed by atoms with Gasteiger partial charge in [-0.2, -0.15) is 0 Å². The molecule has 2 aromatic rings. The van der Waals surface area contributed by atoms with Crippen LogP contribution < -0.4 is 4.84 Å². The summed E-state index contributed by atoms with van der Waals surface area (Å²) in [6.07, 6.45) is 1.97. The topological polar surface area (TPSA) is 77.2 Å². The third-order valence-corrected chi connectivity index (χ3v) is 2.23. The number of aliphatic hydroxyl groups excluding tert-OH is 1. The van der Waals surface area contributed by atoms with Crippen LogP contribution >= 0.6 is 0 Å². The van der Waals surface area contributed by atoms with Gasteiger partial charge in [-0.1, -0.05) is 35.2 Å². The van der Waals surface area contributed by atoms with Gasteiger partial charge in [0.2, 0.25) is 0 Å². The summed E-state index contributed by atoms with van der Waals surface area (Å²) >= 11 is 0. The minimum atomic E-state index is -0.694. The second-order valence-corrected chi connectivity index (χ2v) is 3.51. The molecule has 6 nitrogen and oxygen atoms in total. The first-order valence-corrected chi connectivity index (χ1v) is 5.21. The first kappa shape index (κ1) is 11.8. The Balaban J connectivity index is 2.27. The lowest BCUT2D eigenvalue weighted by Crippen LogP contribution is -2.22. The van der Waals surface area contributed by atoms with Gasteiger partial charge in [-0.15, -0.1) is 5.10 Å². The van der Waals surface area contributed by atoms with E-state index in [0.717, 1.165) is 10.4 Å². The van der Waals surface area contributed by atoms with E-state index in [-0.39, 0.29) is 5.57 Å². The van der Waals surface area contributed by atoms with Gasteiger partial charge in [0.15, 0.2) is 5.82 Å². The van der Waals surface area contributed by atoms with Crippen molar-refractivity contribution in [2.24, 2.45) is 0 Å². The summed E-state index contributed by atoms with van der Waals surface area (Å²) in [4.78, 5) is 21.5. The van der Waals surface area contributed by atoms with Crippen molar-refractivity contribution in [1.82, 2.24) is 14.9 Å². The molecule has 1 aromatic carbocycles. The molecule has 0 aliphatic rings. The molecular weight excluding hydrogens is 234 g/mol. The number of nitrogens with zero attached hydrogens (tertiary/aromatic N) is 3. The maximum absolute atomic E-state index is 11.5. The number of carbonyl (C=O) groups excluding carboxylic acids is 1. The SMILES string of the molecule is CC(=CO)C(=O)On1ncnc1-c1ccccc1. The highest BCUT2D eigenvalue weighted by Crippen LogP contribution is 2.14. The van der Waals surface area contributed by atoms with Crippen LogP contribution in [0.2, 0.25) is 0 Å². The van der Waals surface area contributed by atoms with E-state index >= 15 is 0 Å². The van der Waals surface area contributed by atoms with E-state index in [1.807, 2.05) is 30.3 Å². The smallest absolute Gasteiger partial charge is 0.364 e. The number of rotatable bonds is 3. The zero-order chi connectivity index (χ0) is 13.0. The molecule has 1 heterocycles. The van der Waals surface area contributed by atoms with Gasteiger partial charge in [-0.05, 0) is 6.92 Å². The molecule has 1 N–H and O–H groups in total. The van der Waals surface area contributed by atoms with Crippen LogP contribution in [0.15, 0.2) is 48.5 Å². The lowest BCUT2D eigenvalue weighted by Gasteiger charge is -2.05. The zero-order valence-corrected chi connectivity index (χ0v) is 9.65. The summed E-state index contributed by atoms with van der Waals surface area (Å²) in [5.74, 6) is -0.283. The standard InChI is InChI=1S/C12H11N3O3/c1-9(7-16)12(17)18-15-11(13-8-14-15)10-5-3-2-4-6-10/h2-8,16H,1H3. The van der Waals surface area contributed by atoms with E-state index < -0.39 is 5.97 Å². The molecule has 0 saturated heterocycles. The van der Waals surface area contributed by atoms with Crippen LogP contribution in [-0.2, 0) is 4.79 Å². The molecular formula is C12H11N3O3. The predicted octanol–water partition coefficient (Wildman–Crippen LogP) is 1.36. The minimum Gasteiger partial charge on any atom is -0.515 e. The molecule has 0 bridgehead atoms. The van der Waals surface area contributed by atoms with Crippen molar-refractivity contribution in [1.29, 1.82) is 0 Å². The lowest BCUT2D eigenvalue weighted by atomic mass is 10.2. The average Bonchev–Trinajstić information content (AvgIpc) is 2.86. The molecule has 0 atom stereocenters. The molecule has 6 heteroatoms. The van der Waals surface area contributed by atoms with Crippen molar-refractivity contribution in [2.75, 3.05) is 0 Å². The fourth-order valence-electron chi connectivity index (χ4n) is 1.27. The third-order valence-electron chi connectivity index (χ3n) is 2.23. The second kappa shape index (κ2) is 5.13. The van der Waals surface area contributed by atoms with E-state index in [2.05, 4.69) is 10.1 Å². The van der Waals surface area contributed by atoms with Gasteiger partial charge in [0.1, 0.15) is 6.33 Å². The van der Waals surface area contributed by atoms with E-state index in [1.165, 1.54) is 13.3 Å².